The number of hydrogen-bond donors (Lipinski definition) is 1. The summed E-state index contributed by atoms with van der Waals surface area (Å²) in [5.41, 5.74) is 3.95. The summed E-state index contributed by atoms with van der Waals surface area (Å²) >= 11 is 3.59. The van der Waals surface area contributed by atoms with E-state index in [4.69, 9.17) is 4.74 Å². The Labute approximate surface area is 133 Å². The zero-order chi connectivity index (χ0) is 15.4. The Morgan fingerprint density at radius 1 is 1.38 bits per heavy atom. The minimum atomic E-state index is -0.576. The van der Waals surface area contributed by atoms with Crippen molar-refractivity contribution < 1.29 is 9.84 Å². The number of aliphatic hydroxyl groups excluding tert-OH is 1. The maximum absolute atomic E-state index is 10.6. The summed E-state index contributed by atoms with van der Waals surface area (Å²) in [7, 11) is 3.57. The fraction of sp³-hybridized carbons (Fsp3) is 0.438. The van der Waals surface area contributed by atoms with Crippen LogP contribution in [0.25, 0.3) is 0 Å². The third-order valence-corrected chi connectivity index (χ3v) is 4.52. The second kappa shape index (κ2) is 7.20. The van der Waals surface area contributed by atoms with Crippen molar-refractivity contribution in [3.63, 3.8) is 0 Å². The number of aryl methyl sites for hydroxylation is 2. The van der Waals surface area contributed by atoms with Crippen LogP contribution in [0.3, 0.4) is 0 Å². The maximum atomic E-state index is 10.6. The minimum absolute atomic E-state index is 0.500. The van der Waals surface area contributed by atoms with E-state index in [9.17, 15) is 5.11 Å². The predicted octanol–water partition coefficient (Wildman–Crippen LogP) is 3.17. The lowest BCUT2D eigenvalue weighted by atomic mass is 9.99. The third-order valence-electron chi connectivity index (χ3n) is 3.60. The summed E-state index contributed by atoms with van der Waals surface area (Å²) in [6, 6.07) is 7.83. The maximum Gasteiger partial charge on any atom is 0.0849 e. The molecule has 0 fully saturated rings. The zero-order valence-electron chi connectivity index (χ0n) is 12.6. The quantitative estimate of drug-likeness (QED) is 0.868. The number of benzene rings is 1. The topological polar surface area (TPSA) is 47.3 Å². The first-order valence-electron chi connectivity index (χ1n) is 7.03. The van der Waals surface area contributed by atoms with E-state index in [0.29, 0.717) is 13.0 Å². The molecule has 1 aromatic heterocycles. The average molecular weight is 353 g/mol. The van der Waals surface area contributed by atoms with Crippen LogP contribution in [-0.2, 0) is 31.2 Å². The number of aliphatic hydroxyl groups is 1. The van der Waals surface area contributed by atoms with E-state index >= 15 is 0 Å². The van der Waals surface area contributed by atoms with Gasteiger partial charge in [0.2, 0.25) is 0 Å². The van der Waals surface area contributed by atoms with E-state index in [1.54, 1.807) is 7.11 Å². The Balaban J connectivity index is 2.26. The molecule has 21 heavy (non-hydrogen) atoms. The fourth-order valence-electron chi connectivity index (χ4n) is 2.48. The van der Waals surface area contributed by atoms with Gasteiger partial charge in [0.1, 0.15) is 0 Å². The Bertz CT molecular complexity index is 610. The molecule has 1 heterocycles. The molecule has 2 aromatic rings. The summed E-state index contributed by atoms with van der Waals surface area (Å²) in [6.45, 7) is 2.57. The highest BCUT2D eigenvalue weighted by Gasteiger charge is 2.19. The predicted molar refractivity (Wildman–Crippen MR) is 86.1 cm³/mol. The third kappa shape index (κ3) is 3.54. The van der Waals surface area contributed by atoms with Crippen molar-refractivity contribution in [1.29, 1.82) is 0 Å². The second-order valence-electron chi connectivity index (χ2n) is 5.04. The molecule has 0 radical (unpaired) electrons. The molecule has 5 heteroatoms. The molecule has 0 aliphatic carbocycles. The molecule has 114 valence electrons. The summed E-state index contributed by atoms with van der Waals surface area (Å²) in [5.74, 6) is 0. The molecule has 0 spiro atoms. The van der Waals surface area contributed by atoms with E-state index in [2.05, 4.69) is 28.0 Å². The van der Waals surface area contributed by atoms with E-state index < -0.39 is 6.10 Å². The molecule has 1 atom stereocenters. The largest absolute Gasteiger partial charge is 0.388 e. The molecule has 0 saturated heterocycles. The molecule has 1 aromatic carbocycles. The van der Waals surface area contributed by atoms with Crippen molar-refractivity contribution in [2.45, 2.75) is 32.5 Å². The van der Waals surface area contributed by atoms with Crippen molar-refractivity contribution in [2.24, 2.45) is 7.05 Å². The normalized spacial score (nSPS) is 12.6. The fourth-order valence-corrected chi connectivity index (χ4v) is 3.26. The molecular formula is C16H21BrN2O2. The first-order valence-corrected chi connectivity index (χ1v) is 7.82. The smallest absolute Gasteiger partial charge is 0.0849 e. The van der Waals surface area contributed by atoms with Crippen molar-refractivity contribution in [3.05, 3.63) is 51.3 Å². The highest BCUT2D eigenvalue weighted by atomic mass is 79.9. The van der Waals surface area contributed by atoms with Crippen LogP contribution in [0.4, 0.5) is 0 Å². The highest BCUT2D eigenvalue weighted by Crippen LogP contribution is 2.28. The molecule has 4 nitrogen and oxygen atoms in total. The first kappa shape index (κ1) is 16.2. The van der Waals surface area contributed by atoms with E-state index in [-0.39, 0.29) is 0 Å². The Morgan fingerprint density at radius 3 is 2.71 bits per heavy atom. The van der Waals surface area contributed by atoms with Gasteiger partial charge in [0, 0.05) is 20.6 Å². The number of halogens is 1. The van der Waals surface area contributed by atoms with Crippen molar-refractivity contribution in [1.82, 2.24) is 9.78 Å². The monoisotopic (exact) mass is 352 g/mol. The molecule has 0 aliphatic heterocycles. The summed E-state index contributed by atoms with van der Waals surface area (Å²) in [4.78, 5) is 0. The van der Waals surface area contributed by atoms with Crippen molar-refractivity contribution >= 4 is 15.9 Å². The van der Waals surface area contributed by atoms with Crippen LogP contribution >= 0.6 is 15.9 Å². The molecule has 1 N–H and O–H groups in total. The minimum Gasteiger partial charge on any atom is -0.388 e. The van der Waals surface area contributed by atoms with Crippen molar-refractivity contribution in [3.8, 4) is 0 Å². The van der Waals surface area contributed by atoms with Gasteiger partial charge in [-0.15, -0.1) is 0 Å². The van der Waals surface area contributed by atoms with E-state index in [1.165, 1.54) is 0 Å². The standard InChI is InChI=1S/C16H21BrN2O2/c1-4-13-16(17)14(19(2)18-13)9-15(20)12-8-6-5-7-11(12)10-21-3/h5-8,15,20H,4,9-10H2,1-3H3. The molecule has 0 amide bonds. The van der Waals surface area contributed by atoms with Crippen LogP contribution in [0, 0.1) is 0 Å². The highest BCUT2D eigenvalue weighted by molar-refractivity contribution is 9.10. The van der Waals surface area contributed by atoms with Gasteiger partial charge in [-0.1, -0.05) is 31.2 Å². The van der Waals surface area contributed by atoms with Gasteiger partial charge in [0.15, 0.2) is 0 Å². The van der Waals surface area contributed by atoms with E-state index in [1.807, 2.05) is 36.0 Å². The number of aromatic nitrogens is 2. The average Bonchev–Trinajstić information content (AvgIpc) is 2.75. The first-order chi connectivity index (χ1) is 10.1. The van der Waals surface area contributed by atoms with Gasteiger partial charge in [-0.05, 0) is 33.5 Å². The lowest BCUT2D eigenvalue weighted by Crippen LogP contribution is -2.09. The molecule has 0 bridgehead atoms. The Kier molecular flexibility index (Phi) is 5.56. The van der Waals surface area contributed by atoms with Crippen LogP contribution < -0.4 is 0 Å². The molecular weight excluding hydrogens is 332 g/mol. The number of methoxy groups -OCH3 is 1. The molecule has 1 unspecified atom stereocenters. The SMILES string of the molecule is CCc1nn(C)c(CC(O)c2ccccc2COC)c1Br. The lowest BCUT2D eigenvalue weighted by Gasteiger charge is -2.15. The van der Waals surface area contributed by atoms with Crippen LogP contribution in [0.2, 0.25) is 0 Å². The van der Waals surface area contributed by atoms with Crippen molar-refractivity contribution in [2.75, 3.05) is 7.11 Å². The lowest BCUT2D eigenvalue weighted by molar-refractivity contribution is 0.160. The molecule has 0 aliphatic rings. The van der Waals surface area contributed by atoms with Gasteiger partial charge >= 0.3 is 0 Å². The van der Waals surface area contributed by atoms with Gasteiger partial charge in [-0.2, -0.15) is 5.10 Å². The number of rotatable bonds is 6. The van der Waals surface area contributed by atoms with Gasteiger partial charge in [-0.3, -0.25) is 4.68 Å². The van der Waals surface area contributed by atoms with Gasteiger partial charge in [0.05, 0.1) is 28.6 Å². The Morgan fingerprint density at radius 2 is 2.10 bits per heavy atom. The summed E-state index contributed by atoms with van der Waals surface area (Å²) in [6.07, 6.45) is 0.808. The van der Waals surface area contributed by atoms with Gasteiger partial charge < -0.3 is 9.84 Å². The molecule has 2 rings (SSSR count). The summed E-state index contributed by atoms with van der Waals surface area (Å²) < 4.78 is 8.03. The number of hydrogen-bond acceptors (Lipinski definition) is 3. The van der Waals surface area contributed by atoms with Crippen LogP contribution in [0.15, 0.2) is 28.7 Å². The summed E-state index contributed by atoms with van der Waals surface area (Å²) in [5, 5.41) is 15.1. The van der Waals surface area contributed by atoms with Crippen LogP contribution in [-0.4, -0.2) is 22.0 Å². The number of nitrogens with zero attached hydrogens (tertiary/aromatic N) is 2. The second-order valence-corrected chi connectivity index (χ2v) is 5.83. The zero-order valence-corrected chi connectivity index (χ0v) is 14.2. The van der Waals surface area contributed by atoms with Crippen LogP contribution in [0.5, 0.6) is 0 Å². The van der Waals surface area contributed by atoms with Gasteiger partial charge in [-0.25, -0.2) is 0 Å². The Hall–Kier alpha value is -1.17. The number of ether oxygens (including phenoxy) is 1. The van der Waals surface area contributed by atoms with E-state index in [0.717, 1.165) is 33.4 Å². The van der Waals surface area contributed by atoms with Crippen LogP contribution in [0.1, 0.15) is 35.5 Å². The molecule has 0 saturated carbocycles. The van der Waals surface area contributed by atoms with Gasteiger partial charge in [0.25, 0.3) is 0 Å².